The molecule has 2 N–H and O–H groups in total. The van der Waals surface area contributed by atoms with E-state index >= 15 is 0 Å². The van der Waals surface area contributed by atoms with Crippen molar-refractivity contribution in [3.8, 4) is 0 Å². The highest BCUT2D eigenvalue weighted by Gasteiger charge is 2.29. The molecule has 56 valence electrons. The van der Waals surface area contributed by atoms with Crippen LogP contribution in [0.4, 0.5) is 8.78 Å². The molecule has 0 aromatic carbocycles. The van der Waals surface area contributed by atoms with E-state index in [2.05, 4.69) is 0 Å². The molecule has 0 radical (unpaired) electrons. The van der Waals surface area contributed by atoms with Crippen LogP contribution >= 0.6 is 0 Å². The van der Waals surface area contributed by atoms with Crippen LogP contribution in [0.15, 0.2) is 12.0 Å². The van der Waals surface area contributed by atoms with Gasteiger partial charge in [-0.05, 0) is 0 Å². The highest BCUT2D eigenvalue weighted by Crippen LogP contribution is 2.08. The normalized spacial score (nSPS) is 33.1. The van der Waals surface area contributed by atoms with E-state index in [4.69, 9.17) is 5.11 Å². The van der Waals surface area contributed by atoms with Crippen LogP contribution in [0.5, 0.6) is 0 Å². The molecule has 0 aliphatic carbocycles. The quantitative estimate of drug-likeness (QED) is 0.462. The number of nitrogens with one attached hydrogen (secondary N) is 1. The van der Waals surface area contributed by atoms with E-state index in [0.29, 0.717) is 6.08 Å². The minimum Gasteiger partial charge on any atom is -0.380 e. The van der Waals surface area contributed by atoms with Crippen molar-refractivity contribution in [1.29, 1.82) is 0 Å². The molecule has 2 unspecified atom stereocenters. The molecule has 1 aliphatic heterocycles. The van der Waals surface area contributed by atoms with Gasteiger partial charge in [-0.15, -0.1) is 0 Å². The Labute approximate surface area is 55.3 Å². The number of carbonyl (C=O) groups excluding carboxylic acids is 1. The first-order valence-electron chi connectivity index (χ1n) is 2.61. The summed E-state index contributed by atoms with van der Waals surface area (Å²) in [6.45, 7) is 0. The Morgan fingerprint density at radius 1 is 1.70 bits per heavy atom. The number of hydrogen-bond donors (Lipinski definition) is 2. The van der Waals surface area contributed by atoms with E-state index < -0.39 is 24.1 Å². The van der Waals surface area contributed by atoms with E-state index in [0.717, 1.165) is 0 Å². The minimum atomic E-state index is -2.03. The lowest BCUT2D eigenvalue weighted by atomic mass is 10.1. The summed E-state index contributed by atoms with van der Waals surface area (Å²) in [6.07, 6.45) is -3.29. The molecule has 1 aliphatic rings. The van der Waals surface area contributed by atoms with Gasteiger partial charge in [0.05, 0.1) is 0 Å². The van der Waals surface area contributed by atoms with Gasteiger partial charge >= 0.3 is 0 Å². The number of hydrogen-bond acceptors (Lipinski definition) is 3. The Morgan fingerprint density at radius 3 is 2.80 bits per heavy atom. The molecule has 0 saturated carbocycles. The average Bonchev–Trinajstić information content (AvgIpc) is 1.82. The van der Waals surface area contributed by atoms with E-state index in [1.54, 1.807) is 5.32 Å². The van der Waals surface area contributed by atoms with Gasteiger partial charge in [0.2, 0.25) is 6.30 Å². The van der Waals surface area contributed by atoms with Crippen LogP contribution in [0.2, 0.25) is 0 Å². The summed E-state index contributed by atoms with van der Waals surface area (Å²) >= 11 is 0. The first-order valence-corrected chi connectivity index (χ1v) is 2.61. The molecular formula is C5H5F2NO2. The first kappa shape index (κ1) is 7.14. The van der Waals surface area contributed by atoms with Gasteiger partial charge in [-0.3, -0.25) is 4.79 Å². The van der Waals surface area contributed by atoms with Gasteiger partial charge in [0.25, 0.3) is 0 Å². The minimum absolute atomic E-state index is 0.515. The maximum Gasteiger partial charge on any atom is 0.205 e. The van der Waals surface area contributed by atoms with Gasteiger partial charge in [0.1, 0.15) is 0 Å². The summed E-state index contributed by atoms with van der Waals surface area (Å²) in [6, 6.07) is 0. The van der Waals surface area contributed by atoms with Crippen LogP contribution in [-0.2, 0) is 4.79 Å². The first-order chi connectivity index (χ1) is 4.61. The number of ketones is 1. The van der Waals surface area contributed by atoms with Crippen molar-refractivity contribution in [1.82, 2.24) is 5.32 Å². The number of carbonyl (C=O) groups is 1. The maximum atomic E-state index is 12.2. The van der Waals surface area contributed by atoms with Crippen molar-refractivity contribution in [3.05, 3.63) is 12.0 Å². The van der Waals surface area contributed by atoms with Gasteiger partial charge in [-0.25, -0.2) is 4.39 Å². The molecule has 2 atom stereocenters. The third kappa shape index (κ3) is 1.13. The van der Waals surface area contributed by atoms with Crippen molar-refractivity contribution >= 4 is 5.78 Å². The topological polar surface area (TPSA) is 49.3 Å². The Hall–Kier alpha value is -0.970. The second-order valence-corrected chi connectivity index (χ2v) is 1.89. The van der Waals surface area contributed by atoms with Gasteiger partial charge in [-0.1, -0.05) is 0 Å². The van der Waals surface area contributed by atoms with Gasteiger partial charge < -0.3 is 10.4 Å². The summed E-state index contributed by atoms with van der Waals surface area (Å²) in [7, 11) is 0. The molecule has 3 nitrogen and oxygen atoms in total. The van der Waals surface area contributed by atoms with Crippen LogP contribution in [0.25, 0.3) is 0 Å². The third-order valence-electron chi connectivity index (χ3n) is 1.11. The predicted octanol–water partition coefficient (Wildman–Crippen LogP) is -0.374. The molecule has 1 rings (SSSR count). The Kier molecular flexibility index (Phi) is 1.67. The molecule has 10 heavy (non-hydrogen) atoms. The molecule has 0 bridgehead atoms. The van der Waals surface area contributed by atoms with Crippen molar-refractivity contribution in [2.75, 3.05) is 0 Å². The number of aliphatic hydroxyl groups is 1. The van der Waals surface area contributed by atoms with Crippen LogP contribution in [0, 0.1) is 0 Å². The third-order valence-corrected chi connectivity index (χ3v) is 1.11. The molecular weight excluding hydrogens is 144 g/mol. The fraction of sp³-hybridized carbons (Fsp3) is 0.400. The summed E-state index contributed by atoms with van der Waals surface area (Å²) in [4.78, 5) is 10.4. The lowest BCUT2D eigenvalue weighted by molar-refractivity contribution is -0.127. The average molecular weight is 149 g/mol. The largest absolute Gasteiger partial charge is 0.380 e. The summed E-state index contributed by atoms with van der Waals surface area (Å²) in [5, 5.41) is 10.2. The number of rotatable bonds is 0. The fourth-order valence-corrected chi connectivity index (χ4v) is 0.607. The number of aliphatic hydroxyl groups excluding tert-OH is 1. The zero-order chi connectivity index (χ0) is 7.72. The molecule has 5 heteroatoms. The SMILES string of the molecule is O=C1C=C(F)NC(F)C1O. The van der Waals surface area contributed by atoms with Crippen molar-refractivity contribution in [2.45, 2.75) is 12.4 Å². The van der Waals surface area contributed by atoms with Crippen molar-refractivity contribution < 1.29 is 18.7 Å². The molecule has 1 heterocycles. The highest BCUT2D eigenvalue weighted by atomic mass is 19.2. The van der Waals surface area contributed by atoms with Crippen molar-refractivity contribution in [2.24, 2.45) is 0 Å². The van der Waals surface area contributed by atoms with Gasteiger partial charge in [0, 0.05) is 6.08 Å². The molecule has 0 spiro atoms. The van der Waals surface area contributed by atoms with E-state index in [-0.39, 0.29) is 0 Å². The summed E-state index contributed by atoms with van der Waals surface area (Å²) in [5.41, 5.74) is 0. The smallest absolute Gasteiger partial charge is 0.205 e. The Morgan fingerprint density at radius 2 is 2.30 bits per heavy atom. The fourth-order valence-electron chi connectivity index (χ4n) is 0.607. The second kappa shape index (κ2) is 2.34. The summed E-state index contributed by atoms with van der Waals surface area (Å²) < 4.78 is 24.3. The molecule has 0 amide bonds. The van der Waals surface area contributed by atoms with Crippen LogP contribution in [0.1, 0.15) is 0 Å². The van der Waals surface area contributed by atoms with E-state index in [1.807, 2.05) is 0 Å². The Balaban J connectivity index is 2.79. The van der Waals surface area contributed by atoms with Crippen LogP contribution < -0.4 is 5.32 Å². The highest BCUT2D eigenvalue weighted by molar-refractivity contribution is 5.94. The van der Waals surface area contributed by atoms with Gasteiger partial charge in [-0.2, -0.15) is 4.39 Å². The lowest BCUT2D eigenvalue weighted by Crippen LogP contribution is -2.43. The number of halogens is 2. The predicted molar refractivity (Wildman–Crippen MR) is 28.2 cm³/mol. The Bertz CT molecular complexity index is 192. The molecule has 0 saturated heterocycles. The molecule has 0 aromatic rings. The van der Waals surface area contributed by atoms with E-state index in [9.17, 15) is 13.6 Å². The zero-order valence-corrected chi connectivity index (χ0v) is 4.84. The number of alkyl halides is 1. The summed E-state index contributed by atoms with van der Waals surface area (Å²) in [5.74, 6) is -2.01. The lowest BCUT2D eigenvalue weighted by Gasteiger charge is -2.18. The maximum absolute atomic E-state index is 12.2. The second-order valence-electron chi connectivity index (χ2n) is 1.89. The zero-order valence-electron chi connectivity index (χ0n) is 4.84. The standard InChI is InChI=1S/C5H5F2NO2/c6-3-1-2(9)4(10)5(7)8-3/h1,4-5,8,10H. The van der Waals surface area contributed by atoms with Crippen LogP contribution in [0.3, 0.4) is 0 Å². The molecule has 0 fully saturated rings. The van der Waals surface area contributed by atoms with Crippen molar-refractivity contribution in [3.63, 3.8) is 0 Å². The van der Waals surface area contributed by atoms with Gasteiger partial charge in [0.15, 0.2) is 17.8 Å². The molecule has 0 aromatic heterocycles. The van der Waals surface area contributed by atoms with Crippen LogP contribution in [-0.4, -0.2) is 23.3 Å². The van der Waals surface area contributed by atoms with E-state index in [1.165, 1.54) is 0 Å². The monoisotopic (exact) mass is 149 g/mol.